The van der Waals surface area contributed by atoms with Crippen LogP contribution < -0.4 is 14.8 Å². The number of carbonyl (C=O) groups excluding carboxylic acids is 1. The molecule has 0 saturated heterocycles. The molecule has 3 aromatic rings. The van der Waals surface area contributed by atoms with Gasteiger partial charge >= 0.3 is 5.97 Å². The van der Waals surface area contributed by atoms with E-state index >= 15 is 0 Å². The highest BCUT2D eigenvalue weighted by Crippen LogP contribution is 2.44. The Kier molecular flexibility index (Phi) is 4.56. The Hall–Kier alpha value is -3.26. The van der Waals surface area contributed by atoms with Crippen molar-refractivity contribution in [2.75, 3.05) is 19.5 Å². The number of thiophene rings is 1. The number of carboxylic acids is 1. The Morgan fingerprint density at radius 3 is 2.75 bits per heavy atom. The third-order valence-electron chi connectivity index (χ3n) is 4.79. The molecule has 28 heavy (non-hydrogen) atoms. The molecule has 1 atom stereocenters. The fourth-order valence-corrected chi connectivity index (χ4v) is 4.37. The number of ether oxygens (including phenoxy) is 2. The van der Waals surface area contributed by atoms with Crippen molar-refractivity contribution in [3.63, 3.8) is 0 Å². The fraction of sp³-hybridized carbons (Fsp3) is 0.200. The highest BCUT2D eigenvalue weighted by atomic mass is 32.1. The molecule has 2 aromatic heterocycles. The molecule has 4 rings (SSSR count). The van der Waals surface area contributed by atoms with Crippen molar-refractivity contribution in [3.05, 3.63) is 58.0 Å². The van der Waals surface area contributed by atoms with Gasteiger partial charge in [-0.25, -0.2) is 4.79 Å². The first-order valence-electron chi connectivity index (χ1n) is 8.57. The van der Waals surface area contributed by atoms with Crippen LogP contribution in [0.1, 0.15) is 33.3 Å². The second kappa shape index (κ2) is 7.05. The number of benzene rings is 1. The van der Waals surface area contributed by atoms with Gasteiger partial charge in [-0.3, -0.25) is 4.79 Å². The molecule has 2 N–H and O–H groups in total. The van der Waals surface area contributed by atoms with E-state index in [1.54, 1.807) is 42.3 Å². The average molecular weight is 398 g/mol. The second-order valence-corrected chi connectivity index (χ2v) is 7.32. The molecular formula is C20H18N2O5S. The van der Waals surface area contributed by atoms with Crippen LogP contribution in [0.2, 0.25) is 0 Å². The molecule has 1 aromatic carbocycles. The number of rotatable bonds is 5. The first-order valence-corrected chi connectivity index (χ1v) is 9.45. The van der Waals surface area contributed by atoms with Crippen molar-refractivity contribution < 1.29 is 24.2 Å². The maximum absolute atomic E-state index is 12.3. The SMILES string of the molecule is COc1ccc(-n2cc(C(=O)O)c3c2C(c2cccs2)CC(=O)N3)c(OC)c1. The molecule has 0 spiro atoms. The van der Waals surface area contributed by atoms with Crippen molar-refractivity contribution in [1.29, 1.82) is 0 Å². The van der Waals surface area contributed by atoms with Crippen LogP contribution in [-0.4, -0.2) is 35.8 Å². The highest BCUT2D eigenvalue weighted by molar-refractivity contribution is 7.10. The lowest BCUT2D eigenvalue weighted by molar-refractivity contribution is -0.116. The largest absolute Gasteiger partial charge is 0.497 e. The number of nitrogens with zero attached hydrogens (tertiary/aromatic N) is 1. The van der Waals surface area contributed by atoms with E-state index < -0.39 is 5.97 Å². The summed E-state index contributed by atoms with van der Waals surface area (Å²) in [6.07, 6.45) is 1.78. The molecule has 0 bridgehead atoms. The number of hydrogen-bond donors (Lipinski definition) is 2. The van der Waals surface area contributed by atoms with Gasteiger partial charge in [0.2, 0.25) is 5.91 Å². The zero-order valence-electron chi connectivity index (χ0n) is 15.3. The number of carboxylic acid groups (broad SMARTS) is 1. The van der Waals surface area contributed by atoms with E-state index in [0.29, 0.717) is 22.9 Å². The van der Waals surface area contributed by atoms with Crippen LogP contribution in [-0.2, 0) is 4.79 Å². The molecule has 1 unspecified atom stereocenters. The molecule has 0 saturated carbocycles. The molecule has 1 aliphatic rings. The number of carbonyl (C=O) groups is 2. The second-order valence-electron chi connectivity index (χ2n) is 6.34. The number of amides is 1. The van der Waals surface area contributed by atoms with Crippen LogP contribution in [0.25, 0.3) is 5.69 Å². The Balaban J connectivity index is 1.98. The van der Waals surface area contributed by atoms with Gasteiger partial charge in [0.05, 0.1) is 31.3 Å². The molecule has 0 radical (unpaired) electrons. The van der Waals surface area contributed by atoms with Crippen molar-refractivity contribution in [3.8, 4) is 17.2 Å². The predicted octanol–water partition coefficient (Wildman–Crippen LogP) is 3.73. The van der Waals surface area contributed by atoms with E-state index in [1.165, 1.54) is 6.20 Å². The fourth-order valence-electron chi connectivity index (χ4n) is 3.54. The van der Waals surface area contributed by atoms with Gasteiger partial charge in [-0.15, -0.1) is 11.3 Å². The minimum Gasteiger partial charge on any atom is -0.497 e. The lowest BCUT2D eigenvalue weighted by Gasteiger charge is -2.25. The number of hydrogen-bond acceptors (Lipinski definition) is 5. The smallest absolute Gasteiger partial charge is 0.339 e. The Morgan fingerprint density at radius 1 is 1.29 bits per heavy atom. The molecule has 8 heteroatoms. The summed E-state index contributed by atoms with van der Waals surface area (Å²) in [5.74, 6) is -0.384. The quantitative estimate of drug-likeness (QED) is 0.684. The summed E-state index contributed by atoms with van der Waals surface area (Å²) >= 11 is 1.54. The zero-order chi connectivity index (χ0) is 19.8. The summed E-state index contributed by atoms with van der Waals surface area (Å²) in [5, 5.41) is 14.4. The number of fused-ring (bicyclic) bond motifs is 1. The summed E-state index contributed by atoms with van der Waals surface area (Å²) in [6, 6.07) is 9.22. The Morgan fingerprint density at radius 2 is 2.11 bits per heavy atom. The van der Waals surface area contributed by atoms with Gasteiger partial charge in [-0.05, 0) is 23.6 Å². The minimum atomic E-state index is -1.10. The summed E-state index contributed by atoms with van der Waals surface area (Å²) in [6.45, 7) is 0. The molecule has 3 heterocycles. The number of anilines is 1. The molecule has 144 valence electrons. The van der Waals surface area contributed by atoms with Crippen LogP contribution in [0.5, 0.6) is 11.5 Å². The first kappa shape index (κ1) is 18.1. The maximum Gasteiger partial charge on any atom is 0.339 e. The van der Waals surface area contributed by atoms with E-state index in [0.717, 1.165) is 10.6 Å². The monoisotopic (exact) mass is 398 g/mol. The minimum absolute atomic E-state index is 0.0440. The van der Waals surface area contributed by atoms with Crippen molar-refractivity contribution >= 4 is 28.9 Å². The van der Waals surface area contributed by atoms with Crippen LogP contribution in [0.4, 0.5) is 5.69 Å². The van der Waals surface area contributed by atoms with Gasteiger partial charge in [-0.1, -0.05) is 6.07 Å². The number of nitrogens with one attached hydrogen (secondary N) is 1. The standard InChI is InChI=1S/C20H18N2O5S/c1-26-11-5-6-14(15(8-11)27-2)22-10-13(20(24)25)18-19(22)12(9-17(23)21-18)16-4-3-7-28-16/h3-8,10,12H,9H2,1-2H3,(H,21,23)(H,24,25). The lowest BCUT2D eigenvalue weighted by Crippen LogP contribution is -2.25. The van der Waals surface area contributed by atoms with Crippen LogP contribution in [0.15, 0.2) is 41.9 Å². The van der Waals surface area contributed by atoms with Gasteiger partial charge in [-0.2, -0.15) is 0 Å². The molecule has 0 aliphatic carbocycles. The highest BCUT2D eigenvalue weighted by Gasteiger charge is 2.35. The van der Waals surface area contributed by atoms with Gasteiger partial charge in [0.15, 0.2) is 0 Å². The van der Waals surface area contributed by atoms with Gasteiger partial charge in [0, 0.05) is 29.5 Å². The Bertz CT molecular complexity index is 1050. The molecule has 1 aliphatic heterocycles. The van der Waals surface area contributed by atoms with Gasteiger partial charge < -0.3 is 24.5 Å². The number of methoxy groups -OCH3 is 2. The topological polar surface area (TPSA) is 89.8 Å². The summed E-state index contributed by atoms with van der Waals surface area (Å²) in [4.78, 5) is 25.2. The van der Waals surface area contributed by atoms with E-state index in [1.807, 2.05) is 23.6 Å². The van der Waals surface area contributed by atoms with Crippen LogP contribution in [0, 0.1) is 0 Å². The van der Waals surface area contributed by atoms with E-state index in [2.05, 4.69) is 5.32 Å². The summed E-state index contributed by atoms with van der Waals surface area (Å²) < 4.78 is 12.6. The summed E-state index contributed by atoms with van der Waals surface area (Å²) in [7, 11) is 3.11. The van der Waals surface area contributed by atoms with Crippen LogP contribution >= 0.6 is 11.3 Å². The zero-order valence-corrected chi connectivity index (χ0v) is 16.1. The first-order chi connectivity index (χ1) is 13.5. The van der Waals surface area contributed by atoms with E-state index in [9.17, 15) is 14.7 Å². The number of aromatic carboxylic acids is 1. The normalized spacial score (nSPS) is 15.6. The van der Waals surface area contributed by atoms with E-state index in [4.69, 9.17) is 9.47 Å². The maximum atomic E-state index is 12.3. The van der Waals surface area contributed by atoms with Crippen molar-refractivity contribution in [2.45, 2.75) is 12.3 Å². The predicted molar refractivity (Wildman–Crippen MR) is 105 cm³/mol. The molecule has 0 fully saturated rings. The van der Waals surface area contributed by atoms with Crippen LogP contribution in [0.3, 0.4) is 0 Å². The van der Waals surface area contributed by atoms with E-state index in [-0.39, 0.29) is 23.8 Å². The molecule has 1 amide bonds. The summed E-state index contributed by atoms with van der Waals surface area (Å²) in [5.41, 5.74) is 1.77. The van der Waals surface area contributed by atoms with Gasteiger partial charge in [0.25, 0.3) is 0 Å². The van der Waals surface area contributed by atoms with Crippen molar-refractivity contribution in [1.82, 2.24) is 4.57 Å². The third kappa shape index (κ3) is 2.91. The molecule has 7 nitrogen and oxygen atoms in total. The molecular weight excluding hydrogens is 380 g/mol. The van der Waals surface area contributed by atoms with Gasteiger partial charge in [0.1, 0.15) is 17.1 Å². The lowest BCUT2D eigenvalue weighted by atomic mass is 9.93. The third-order valence-corrected chi connectivity index (χ3v) is 5.78. The van der Waals surface area contributed by atoms with Crippen molar-refractivity contribution in [2.24, 2.45) is 0 Å². The Labute approximate surface area is 165 Å². The number of aromatic nitrogens is 1. The average Bonchev–Trinajstić information content (AvgIpc) is 3.35.